The van der Waals surface area contributed by atoms with Crippen LogP contribution in [0.1, 0.15) is 51.9 Å². The molecule has 0 aromatic carbocycles. The smallest absolute Gasteiger partial charge is 0.220 e. The lowest BCUT2D eigenvalue weighted by molar-refractivity contribution is -0.120. The quantitative estimate of drug-likeness (QED) is 0.859. The van der Waals surface area contributed by atoms with Crippen molar-refractivity contribution in [2.24, 2.45) is 5.92 Å². The second-order valence-electron chi connectivity index (χ2n) is 6.78. The maximum absolute atomic E-state index is 11.7. The van der Waals surface area contributed by atoms with Crippen LogP contribution < -0.4 is 5.32 Å². The van der Waals surface area contributed by atoms with Gasteiger partial charge in [0.1, 0.15) is 0 Å². The summed E-state index contributed by atoms with van der Waals surface area (Å²) >= 11 is 0. The molecule has 3 aliphatic heterocycles. The lowest BCUT2D eigenvalue weighted by atomic mass is 9.78. The van der Waals surface area contributed by atoms with Crippen LogP contribution in [0.25, 0.3) is 0 Å². The number of hydrogen-bond donors (Lipinski definition) is 1. The highest BCUT2D eigenvalue weighted by molar-refractivity contribution is 5.79. The molecule has 0 unspecified atom stereocenters. The zero-order valence-electron chi connectivity index (χ0n) is 12.7. The van der Waals surface area contributed by atoms with Gasteiger partial charge in [-0.1, -0.05) is 6.92 Å². The minimum atomic E-state index is 0.0786. The molecule has 1 spiro atoms. The highest BCUT2D eigenvalue weighted by atomic mass is 16.5. The van der Waals surface area contributed by atoms with Gasteiger partial charge in [-0.3, -0.25) is 9.69 Å². The molecule has 0 aromatic rings. The third kappa shape index (κ3) is 2.73. The van der Waals surface area contributed by atoms with Crippen molar-refractivity contribution >= 4 is 5.91 Å². The van der Waals surface area contributed by atoms with Gasteiger partial charge in [0.2, 0.25) is 5.91 Å². The Morgan fingerprint density at radius 2 is 2.15 bits per heavy atom. The van der Waals surface area contributed by atoms with E-state index in [1.165, 1.54) is 38.8 Å². The first kappa shape index (κ1) is 14.3. The zero-order valence-corrected chi connectivity index (χ0v) is 12.7. The van der Waals surface area contributed by atoms with Crippen molar-refractivity contribution in [2.75, 3.05) is 26.3 Å². The Balaban J connectivity index is 1.68. The van der Waals surface area contributed by atoms with Gasteiger partial charge in [-0.15, -0.1) is 0 Å². The Morgan fingerprint density at radius 1 is 1.35 bits per heavy atom. The molecular formula is C16H28N2O2. The summed E-state index contributed by atoms with van der Waals surface area (Å²) < 4.78 is 5.47. The number of likely N-dealkylation sites (tertiary alicyclic amines) is 1. The van der Waals surface area contributed by atoms with E-state index in [-0.39, 0.29) is 11.4 Å². The number of nitrogens with zero attached hydrogens (tertiary/aromatic N) is 1. The number of carbonyl (C=O) groups is 1. The lowest BCUT2D eigenvalue weighted by Gasteiger charge is -2.49. The topological polar surface area (TPSA) is 41.6 Å². The van der Waals surface area contributed by atoms with Crippen molar-refractivity contribution < 1.29 is 9.53 Å². The molecule has 3 saturated heterocycles. The van der Waals surface area contributed by atoms with Crippen LogP contribution in [-0.2, 0) is 9.53 Å². The monoisotopic (exact) mass is 280 g/mol. The molecule has 3 fully saturated rings. The molecule has 0 aromatic heterocycles. The lowest BCUT2D eigenvalue weighted by Crippen LogP contribution is -2.62. The van der Waals surface area contributed by atoms with E-state index < -0.39 is 0 Å². The van der Waals surface area contributed by atoms with Gasteiger partial charge < -0.3 is 10.1 Å². The number of piperidine rings is 1. The highest BCUT2D eigenvalue weighted by Gasteiger charge is 2.47. The van der Waals surface area contributed by atoms with Gasteiger partial charge in [0.05, 0.1) is 5.54 Å². The van der Waals surface area contributed by atoms with Gasteiger partial charge in [-0.05, 0) is 51.0 Å². The summed E-state index contributed by atoms with van der Waals surface area (Å²) in [7, 11) is 0. The first-order valence-electron chi connectivity index (χ1n) is 8.36. The Kier molecular flexibility index (Phi) is 4.32. The highest BCUT2D eigenvalue weighted by Crippen LogP contribution is 2.37. The third-order valence-corrected chi connectivity index (χ3v) is 5.55. The van der Waals surface area contributed by atoms with Crippen molar-refractivity contribution in [1.29, 1.82) is 0 Å². The van der Waals surface area contributed by atoms with Gasteiger partial charge in [-0.2, -0.15) is 0 Å². The largest absolute Gasteiger partial charge is 0.381 e. The molecule has 1 amide bonds. The Labute approximate surface area is 122 Å². The molecule has 2 atom stereocenters. The predicted octanol–water partition coefficient (Wildman–Crippen LogP) is 1.94. The minimum Gasteiger partial charge on any atom is -0.381 e. The fourth-order valence-electron chi connectivity index (χ4n) is 4.57. The molecule has 4 nitrogen and oxygen atoms in total. The number of carbonyl (C=O) groups excluding carboxylic acids is 1. The molecule has 0 saturated carbocycles. The van der Waals surface area contributed by atoms with E-state index in [1.54, 1.807) is 0 Å². The average molecular weight is 280 g/mol. The van der Waals surface area contributed by atoms with Crippen LogP contribution in [0.4, 0.5) is 0 Å². The second-order valence-corrected chi connectivity index (χ2v) is 6.78. The normalized spacial score (nSPS) is 36.5. The van der Waals surface area contributed by atoms with Crippen molar-refractivity contribution in [3.8, 4) is 0 Å². The number of rotatable bonds is 3. The molecule has 1 N–H and O–H groups in total. The van der Waals surface area contributed by atoms with Crippen molar-refractivity contribution in [1.82, 2.24) is 10.2 Å². The Hall–Kier alpha value is -0.610. The Bertz CT molecular complexity index is 354. The van der Waals surface area contributed by atoms with E-state index >= 15 is 0 Å². The first-order chi connectivity index (χ1) is 9.73. The van der Waals surface area contributed by atoms with Crippen LogP contribution in [0.2, 0.25) is 0 Å². The van der Waals surface area contributed by atoms with E-state index in [1.807, 2.05) is 0 Å². The third-order valence-electron chi connectivity index (χ3n) is 5.55. The predicted molar refractivity (Wildman–Crippen MR) is 78.5 cm³/mol. The molecule has 0 radical (unpaired) electrons. The number of ether oxygens (including phenoxy) is 1. The maximum atomic E-state index is 11.7. The molecule has 20 heavy (non-hydrogen) atoms. The molecule has 4 heteroatoms. The van der Waals surface area contributed by atoms with Crippen molar-refractivity contribution in [3.63, 3.8) is 0 Å². The molecule has 0 bridgehead atoms. The number of hydrogen-bond acceptors (Lipinski definition) is 3. The summed E-state index contributed by atoms with van der Waals surface area (Å²) in [6.45, 7) is 6.53. The van der Waals surface area contributed by atoms with Gasteiger partial charge >= 0.3 is 0 Å². The Morgan fingerprint density at radius 3 is 2.80 bits per heavy atom. The summed E-state index contributed by atoms with van der Waals surface area (Å²) in [6.07, 6.45) is 7.69. The fourth-order valence-corrected chi connectivity index (χ4v) is 4.57. The van der Waals surface area contributed by atoms with Gasteiger partial charge in [-0.25, -0.2) is 0 Å². The summed E-state index contributed by atoms with van der Waals surface area (Å²) in [5, 5.41) is 3.33. The van der Waals surface area contributed by atoms with Gasteiger partial charge in [0, 0.05) is 32.2 Å². The van der Waals surface area contributed by atoms with Crippen LogP contribution in [0.5, 0.6) is 0 Å². The second kappa shape index (κ2) is 6.02. The van der Waals surface area contributed by atoms with E-state index in [4.69, 9.17) is 4.74 Å². The van der Waals surface area contributed by atoms with Crippen molar-refractivity contribution in [3.05, 3.63) is 0 Å². The van der Waals surface area contributed by atoms with Crippen LogP contribution in [0, 0.1) is 5.92 Å². The molecule has 3 rings (SSSR count). The van der Waals surface area contributed by atoms with Crippen LogP contribution in [0.15, 0.2) is 0 Å². The average Bonchev–Trinajstić information content (AvgIpc) is 2.82. The minimum absolute atomic E-state index is 0.0786. The van der Waals surface area contributed by atoms with E-state index in [2.05, 4.69) is 17.1 Å². The summed E-state index contributed by atoms with van der Waals surface area (Å²) in [4.78, 5) is 14.4. The summed E-state index contributed by atoms with van der Waals surface area (Å²) in [6, 6.07) is 0.533. The molecule has 114 valence electrons. The van der Waals surface area contributed by atoms with Gasteiger partial charge in [0.25, 0.3) is 0 Å². The zero-order chi connectivity index (χ0) is 14.0. The molecular weight excluding hydrogens is 252 g/mol. The maximum Gasteiger partial charge on any atom is 0.220 e. The standard InChI is InChI=1S/C16H28N2O2/c1-2-14-16(8-4-15(19)17-16)7-3-9-18(14)12-13-5-10-20-11-6-13/h13-14H,2-12H2,1H3,(H,17,19)/t14-,16+/m0/s1. The number of nitrogens with one attached hydrogen (secondary N) is 1. The van der Waals surface area contributed by atoms with E-state index in [0.717, 1.165) is 38.4 Å². The molecule has 3 heterocycles. The SMILES string of the molecule is CC[C@@H]1N(CC2CCOCC2)CCC[C@@]12CCC(=O)N2. The van der Waals surface area contributed by atoms with E-state index in [9.17, 15) is 4.79 Å². The summed E-state index contributed by atoms with van der Waals surface area (Å²) in [5.74, 6) is 1.04. The van der Waals surface area contributed by atoms with Crippen LogP contribution in [-0.4, -0.2) is 48.7 Å². The fraction of sp³-hybridized carbons (Fsp3) is 0.938. The molecule has 0 aliphatic carbocycles. The summed E-state index contributed by atoms with van der Waals surface area (Å²) in [5.41, 5.74) is 0.0786. The van der Waals surface area contributed by atoms with E-state index in [0.29, 0.717) is 6.04 Å². The first-order valence-corrected chi connectivity index (χ1v) is 8.36. The van der Waals surface area contributed by atoms with Crippen LogP contribution in [0.3, 0.4) is 0 Å². The van der Waals surface area contributed by atoms with Crippen molar-refractivity contribution in [2.45, 2.75) is 63.5 Å². The van der Waals surface area contributed by atoms with Crippen LogP contribution >= 0.6 is 0 Å². The molecule has 3 aliphatic rings. The van der Waals surface area contributed by atoms with Gasteiger partial charge in [0.15, 0.2) is 0 Å². The number of amides is 1.